The van der Waals surface area contributed by atoms with Crippen LogP contribution in [0.1, 0.15) is 30.5 Å². The van der Waals surface area contributed by atoms with Gasteiger partial charge in [-0.15, -0.1) is 0 Å². The second-order valence-electron chi connectivity index (χ2n) is 14.6. The predicted molar refractivity (Wildman–Crippen MR) is 220 cm³/mol. The van der Waals surface area contributed by atoms with E-state index in [0.717, 1.165) is 55.9 Å². The number of para-hydroxylation sites is 1. The van der Waals surface area contributed by atoms with Crippen molar-refractivity contribution in [2.24, 2.45) is 0 Å². The highest BCUT2D eigenvalue weighted by Gasteiger charge is 2.36. The van der Waals surface area contributed by atoms with Crippen LogP contribution < -0.4 is 0 Å². The maximum Gasteiger partial charge on any atom is 0.160 e. The maximum absolute atomic E-state index is 9.59. The lowest BCUT2D eigenvalue weighted by molar-refractivity contribution is 0.661. The lowest BCUT2D eigenvalue weighted by atomic mass is 9.82. The van der Waals surface area contributed by atoms with E-state index in [1.54, 1.807) is 0 Å². The molecule has 1 aliphatic rings. The van der Waals surface area contributed by atoms with Gasteiger partial charge in [0.2, 0.25) is 0 Å². The lowest BCUT2D eigenvalue weighted by Gasteiger charge is -2.21. The van der Waals surface area contributed by atoms with Crippen molar-refractivity contribution in [3.63, 3.8) is 0 Å². The molecule has 10 rings (SSSR count). The molecule has 0 spiro atoms. The summed E-state index contributed by atoms with van der Waals surface area (Å²) in [6.07, 6.45) is 0. The molecular weight excluding hydrogens is 657 g/mol. The first kappa shape index (κ1) is 31.6. The summed E-state index contributed by atoms with van der Waals surface area (Å²) >= 11 is 0. The number of fused-ring (bicyclic) bond motifs is 6. The zero-order valence-corrected chi connectivity index (χ0v) is 30.0. The minimum absolute atomic E-state index is 0.108. The molecule has 0 fully saturated rings. The maximum atomic E-state index is 9.59. The molecule has 54 heavy (non-hydrogen) atoms. The van der Waals surface area contributed by atoms with E-state index in [1.807, 2.05) is 60.7 Å². The first-order valence-electron chi connectivity index (χ1n) is 18.3. The molecular formula is C50H34N4. The molecule has 4 nitrogen and oxygen atoms in total. The zero-order valence-electron chi connectivity index (χ0n) is 30.0. The Kier molecular flexibility index (Phi) is 7.18. The smallest absolute Gasteiger partial charge is 0.160 e. The van der Waals surface area contributed by atoms with Gasteiger partial charge in [-0.3, -0.25) is 0 Å². The van der Waals surface area contributed by atoms with Gasteiger partial charge in [0.1, 0.15) is 0 Å². The van der Waals surface area contributed by atoms with E-state index in [9.17, 15) is 5.26 Å². The Morgan fingerprint density at radius 3 is 1.81 bits per heavy atom. The van der Waals surface area contributed by atoms with Crippen molar-refractivity contribution in [1.29, 1.82) is 5.26 Å². The zero-order chi connectivity index (χ0) is 36.4. The van der Waals surface area contributed by atoms with E-state index in [4.69, 9.17) is 9.97 Å². The highest BCUT2D eigenvalue weighted by atomic mass is 15.0. The van der Waals surface area contributed by atoms with Gasteiger partial charge in [0.25, 0.3) is 0 Å². The van der Waals surface area contributed by atoms with Crippen LogP contribution in [0.15, 0.2) is 170 Å². The second kappa shape index (κ2) is 12.3. The fourth-order valence-corrected chi connectivity index (χ4v) is 8.30. The van der Waals surface area contributed by atoms with Crippen molar-refractivity contribution in [3.05, 3.63) is 187 Å². The van der Waals surface area contributed by atoms with Crippen molar-refractivity contribution in [1.82, 2.24) is 14.5 Å². The van der Waals surface area contributed by atoms with Gasteiger partial charge in [0.05, 0.1) is 34.1 Å². The van der Waals surface area contributed by atoms with E-state index in [1.165, 1.54) is 33.0 Å². The minimum atomic E-state index is -0.108. The van der Waals surface area contributed by atoms with Crippen molar-refractivity contribution >= 4 is 21.8 Å². The van der Waals surface area contributed by atoms with E-state index in [2.05, 4.69) is 134 Å². The Hall–Kier alpha value is -7.09. The molecule has 0 N–H and O–H groups in total. The molecule has 0 saturated heterocycles. The van der Waals surface area contributed by atoms with Gasteiger partial charge < -0.3 is 4.57 Å². The average molecular weight is 691 g/mol. The number of rotatable bonds is 5. The van der Waals surface area contributed by atoms with Gasteiger partial charge in [-0.05, 0) is 88.0 Å². The normalized spacial score (nSPS) is 12.8. The molecule has 254 valence electrons. The molecule has 0 amide bonds. The number of aromatic nitrogens is 3. The highest BCUT2D eigenvalue weighted by Crippen LogP contribution is 2.51. The summed E-state index contributed by atoms with van der Waals surface area (Å²) in [6, 6.07) is 61.7. The van der Waals surface area contributed by atoms with Gasteiger partial charge in [-0.25, -0.2) is 9.97 Å². The fraction of sp³-hybridized carbons (Fsp3) is 0.0600. The van der Waals surface area contributed by atoms with Crippen LogP contribution in [0, 0.1) is 11.3 Å². The summed E-state index contributed by atoms with van der Waals surface area (Å²) in [6.45, 7) is 4.67. The first-order chi connectivity index (χ1) is 26.5. The fourth-order valence-electron chi connectivity index (χ4n) is 8.30. The molecule has 0 saturated carbocycles. The Bertz CT molecular complexity index is 2890. The van der Waals surface area contributed by atoms with Gasteiger partial charge in [0.15, 0.2) is 5.82 Å². The van der Waals surface area contributed by atoms with Crippen molar-refractivity contribution < 1.29 is 0 Å². The second-order valence-corrected chi connectivity index (χ2v) is 14.6. The third-order valence-electron chi connectivity index (χ3n) is 11.0. The quantitative estimate of drug-likeness (QED) is 0.181. The molecule has 0 unspecified atom stereocenters. The number of nitrogens with zero attached hydrogens (tertiary/aromatic N) is 4. The summed E-state index contributed by atoms with van der Waals surface area (Å²) in [5.41, 5.74) is 15.8. The summed E-state index contributed by atoms with van der Waals surface area (Å²) in [5, 5.41) is 12.0. The van der Waals surface area contributed by atoms with Crippen LogP contribution >= 0.6 is 0 Å². The molecule has 7 aromatic carbocycles. The monoisotopic (exact) mass is 690 g/mol. The van der Waals surface area contributed by atoms with Gasteiger partial charge >= 0.3 is 0 Å². The summed E-state index contributed by atoms with van der Waals surface area (Å²) in [5.74, 6) is 0.643. The summed E-state index contributed by atoms with van der Waals surface area (Å²) < 4.78 is 2.40. The van der Waals surface area contributed by atoms with Crippen molar-refractivity contribution in [2.45, 2.75) is 19.3 Å². The standard InChI is InChI=1S/C50H34N4/c1-50(2)43-19-11-9-17-39(43)41-29-48-42(28-44(41)50)40-18-10-12-20-47(40)54(48)38-26-36(33-23-21-32(31-51)22-24-33)25-37(27-38)49-52-45(34-13-5-3-6-14-34)30-46(53-49)35-15-7-4-8-16-35/h3-30H,1-2H3. The SMILES string of the molecule is CC1(C)c2ccccc2-c2cc3c(cc21)c1ccccc1n3-c1cc(-c2ccc(C#N)cc2)cc(-c2nc(-c3ccccc3)cc(-c3ccccc3)n2)c1. The first-order valence-corrected chi connectivity index (χ1v) is 18.3. The molecule has 9 aromatic rings. The van der Waals surface area contributed by atoms with Crippen LogP contribution in [0.2, 0.25) is 0 Å². The van der Waals surface area contributed by atoms with Gasteiger partial charge in [-0.2, -0.15) is 5.26 Å². The van der Waals surface area contributed by atoms with Crippen LogP contribution in [-0.2, 0) is 5.41 Å². The van der Waals surface area contributed by atoms with Crippen LogP contribution in [0.4, 0.5) is 0 Å². The summed E-state index contributed by atoms with van der Waals surface area (Å²) in [7, 11) is 0. The third kappa shape index (κ3) is 5.05. The molecule has 0 aliphatic heterocycles. The predicted octanol–water partition coefficient (Wildman–Crippen LogP) is 12.4. The van der Waals surface area contributed by atoms with Gasteiger partial charge in [-0.1, -0.05) is 129 Å². The number of hydrogen-bond acceptors (Lipinski definition) is 3. The number of nitriles is 1. The van der Waals surface area contributed by atoms with Crippen LogP contribution in [0.3, 0.4) is 0 Å². The average Bonchev–Trinajstić information content (AvgIpc) is 3.68. The van der Waals surface area contributed by atoms with E-state index in [0.29, 0.717) is 11.4 Å². The van der Waals surface area contributed by atoms with Gasteiger partial charge in [0, 0.05) is 38.6 Å². The van der Waals surface area contributed by atoms with Crippen molar-refractivity contribution in [3.8, 4) is 67.9 Å². The largest absolute Gasteiger partial charge is 0.309 e. The summed E-state index contributed by atoms with van der Waals surface area (Å²) in [4.78, 5) is 10.5. The van der Waals surface area contributed by atoms with E-state index in [-0.39, 0.29) is 5.41 Å². The Morgan fingerprint density at radius 2 is 1.11 bits per heavy atom. The molecule has 4 heteroatoms. The van der Waals surface area contributed by atoms with Crippen LogP contribution in [-0.4, -0.2) is 14.5 Å². The molecule has 2 heterocycles. The van der Waals surface area contributed by atoms with Crippen LogP contribution in [0.25, 0.3) is 83.6 Å². The lowest BCUT2D eigenvalue weighted by Crippen LogP contribution is -2.14. The molecule has 0 bridgehead atoms. The topological polar surface area (TPSA) is 54.5 Å². The Labute approximate surface area is 314 Å². The third-order valence-corrected chi connectivity index (χ3v) is 11.0. The Balaban J connectivity index is 1.26. The van der Waals surface area contributed by atoms with E-state index >= 15 is 0 Å². The molecule has 0 radical (unpaired) electrons. The minimum Gasteiger partial charge on any atom is -0.309 e. The number of hydrogen-bond donors (Lipinski definition) is 0. The number of benzene rings is 7. The van der Waals surface area contributed by atoms with E-state index < -0.39 is 0 Å². The van der Waals surface area contributed by atoms with Crippen LogP contribution in [0.5, 0.6) is 0 Å². The Morgan fingerprint density at radius 1 is 0.481 bits per heavy atom. The molecule has 2 aromatic heterocycles. The molecule has 1 aliphatic carbocycles. The molecule has 0 atom stereocenters. The van der Waals surface area contributed by atoms with Crippen molar-refractivity contribution in [2.75, 3.05) is 0 Å². The highest BCUT2D eigenvalue weighted by molar-refractivity contribution is 6.11.